The zero-order chi connectivity index (χ0) is 11.0. The predicted molar refractivity (Wildman–Crippen MR) is 55.1 cm³/mol. The number of hydrogen-bond donors (Lipinski definition) is 5. The normalized spacial score (nSPS) is 13.1. The molecule has 15 heavy (non-hydrogen) atoms. The Morgan fingerprint density at radius 1 is 1.40 bits per heavy atom. The van der Waals surface area contributed by atoms with Crippen molar-refractivity contribution in [3.63, 3.8) is 0 Å². The number of nitrogens with zero attached hydrogens (tertiary/aromatic N) is 1. The lowest BCUT2D eigenvalue weighted by Gasteiger charge is -1.98. The van der Waals surface area contributed by atoms with Crippen LogP contribution in [-0.2, 0) is 0 Å². The number of aromatic amines is 1. The Morgan fingerprint density at radius 2 is 2.13 bits per heavy atom. The number of nitrogens with two attached hydrogens (primary N) is 1. The fourth-order valence-corrected chi connectivity index (χ4v) is 1.42. The van der Waals surface area contributed by atoms with Crippen LogP contribution in [0.15, 0.2) is 18.2 Å². The van der Waals surface area contributed by atoms with Gasteiger partial charge in [-0.2, -0.15) is 0 Å². The number of fused-ring (bicyclic) bond motifs is 1. The summed E-state index contributed by atoms with van der Waals surface area (Å²) >= 11 is 0. The van der Waals surface area contributed by atoms with Gasteiger partial charge >= 0.3 is 7.12 Å². The van der Waals surface area contributed by atoms with Gasteiger partial charge in [0, 0.05) is 5.46 Å². The minimum atomic E-state index is -1.60. The first-order valence-electron chi connectivity index (χ1n) is 4.38. The Kier molecular flexibility index (Phi) is 2.45. The molecule has 0 saturated heterocycles. The van der Waals surface area contributed by atoms with Gasteiger partial charge in [0.2, 0.25) is 0 Å². The van der Waals surface area contributed by atoms with Crippen molar-refractivity contribution in [3.05, 3.63) is 24.0 Å². The van der Waals surface area contributed by atoms with Gasteiger partial charge in [0.25, 0.3) is 0 Å². The van der Waals surface area contributed by atoms with E-state index < -0.39 is 13.3 Å². The van der Waals surface area contributed by atoms with E-state index in [1.54, 1.807) is 18.2 Å². The van der Waals surface area contributed by atoms with Crippen LogP contribution < -0.4 is 11.2 Å². The van der Waals surface area contributed by atoms with E-state index in [0.717, 1.165) is 0 Å². The number of aliphatic hydroxyl groups excluding tert-OH is 1. The van der Waals surface area contributed by atoms with Gasteiger partial charge in [-0.25, -0.2) is 4.98 Å². The first-order valence-corrected chi connectivity index (χ1v) is 4.38. The zero-order valence-electron chi connectivity index (χ0n) is 7.75. The third-order valence-electron chi connectivity index (χ3n) is 2.12. The van der Waals surface area contributed by atoms with Gasteiger partial charge in [-0.05, 0) is 6.07 Å². The molecule has 7 heteroatoms. The standard InChI is InChI=1S/C8H10BN3O3/c10-7(13)8-11-5-3-1-2-4(9(14)15)6(5)12-8/h1-3,7,13-15H,10H2,(H,11,12). The fraction of sp³-hybridized carbons (Fsp3) is 0.125. The molecular formula is C8H10BN3O3. The summed E-state index contributed by atoms with van der Waals surface area (Å²) in [7, 11) is -1.60. The molecule has 0 saturated carbocycles. The maximum absolute atomic E-state index is 9.11. The maximum atomic E-state index is 9.11. The zero-order valence-corrected chi connectivity index (χ0v) is 7.75. The van der Waals surface area contributed by atoms with E-state index in [0.29, 0.717) is 11.0 Å². The summed E-state index contributed by atoms with van der Waals surface area (Å²) in [5.41, 5.74) is 6.51. The molecule has 6 N–H and O–H groups in total. The molecule has 0 aliphatic heterocycles. The summed E-state index contributed by atoms with van der Waals surface area (Å²) in [6.07, 6.45) is -1.21. The predicted octanol–water partition coefficient (Wildman–Crippen LogP) is -1.81. The van der Waals surface area contributed by atoms with Gasteiger partial charge in [0.15, 0.2) is 12.1 Å². The van der Waals surface area contributed by atoms with Crippen LogP contribution in [0.25, 0.3) is 11.0 Å². The van der Waals surface area contributed by atoms with Crippen LogP contribution in [0.1, 0.15) is 12.1 Å². The van der Waals surface area contributed by atoms with Gasteiger partial charge in [0.1, 0.15) is 0 Å². The summed E-state index contributed by atoms with van der Waals surface area (Å²) < 4.78 is 0. The van der Waals surface area contributed by atoms with E-state index in [-0.39, 0.29) is 11.3 Å². The van der Waals surface area contributed by atoms with Crippen LogP contribution in [0.2, 0.25) is 0 Å². The molecule has 1 aromatic carbocycles. The molecule has 78 valence electrons. The summed E-state index contributed by atoms with van der Waals surface area (Å²) in [6, 6.07) is 4.91. The molecule has 0 aliphatic carbocycles. The molecule has 2 rings (SSSR count). The number of H-pyrrole nitrogens is 1. The average Bonchev–Trinajstić information content (AvgIpc) is 2.60. The van der Waals surface area contributed by atoms with Crippen LogP contribution in [0, 0.1) is 0 Å². The largest absolute Gasteiger partial charge is 0.490 e. The number of imidazole rings is 1. The van der Waals surface area contributed by atoms with Crippen molar-refractivity contribution in [2.24, 2.45) is 5.73 Å². The van der Waals surface area contributed by atoms with Gasteiger partial charge < -0.3 is 20.1 Å². The van der Waals surface area contributed by atoms with Crippen LogP contribution in [0.5, 0.6) is 0 Å². The van der Waals surface area contributed by atoms with E-state index in [9.17, 15) is 0 Å². The number of nitrogens with one attached hydrogen (secondary N) is 1. The van der Waals surface area contributed by atoms with Gasteiger partial charge in [-0.1, -0.05) is 12.1 Å². The minimum Gasteiger partial charge on any atom is -0.423 e. The van der Waals surface area contributed by atoms with Crippen LogP contribution in [-0.4, -0.2) is 32.2 Å². The summed E-state index contributed by atoms with van der Waals surface area (Å²) in [4.78, 5) is 6.76. The number of aromatic nitrogens is 2. The first-order chi connectivity index (χ1) is 7.09. The molecule has 0 bridgehead atoms. The molecule has 2 aromatic rings. The van der Waals surface area contributed by atoms with Crippen LogP contribution >= 0.6 is 0 Å². The third-order valence-corrected chi connectivity index (χ3v) is 2.12. The smallest absolute Gasteiger partial charge is 0.423 e. The second-order valence-corrected chi connectivity index (χ2v) is 3.18. The molecule has 1 unspecified atom stereocenters. The SMILES string of the molecule is NC(O)c1nc2c(B(O)O)cccc2[nH]1. The molecule has 0 radical (unpaired) electrons. The highest BCUT2D eigenvalue weighted by Gasteiger charge is 2.18. The van der Waals surface area contributed by atoms with Crippen LogP contribution in [0.4, 0.5) is 0 Å². The van der Waals surface area contributed by atoms with Crippen molar-refractivity contribution in [2.75, 3.05) is 0 Å². The monoisotopic (exact) mass is 207 g/mol. The maximum Gasteiger partial charge on any atom is 0.490 e. The van der Waals surface area contributed by atoms with E-state index in [2.05, 4.69) is 9.97 Å². The summed E-state index contributed by atoms with van der Waals surface area (Å²) in [5.74, 6) is 0.193. The van der Waals surface area contributed by atoms with E-state index in [4.69, 9.17) is 20.9 Å². The molecule has 0 aliphatic rings. The van der Waals surface area contributed by atoms with Gasteiger partial charge in [0.05, 0.1) is 11.0 Å². The van der Waals surface area contributed by atoms with Crippen molar-refractivity contribution in [1.29, 1.82) is 0 Å². The Hall–Kier alpha value is -1.41. The molecule has 1 atom stereocenters. The molecule has 0 amide bonds. The van der Waals surface area contributed by atoms with E-state index >= 15 is 0 Å². The highest BCUT2D eigenvalue weighted by molar-refractivity contribution is 6.61. The number of para-hydroxylation sites is 1. The van der Waals surface area contributed by atoms with Crippen LogP contribution in [0.3, 0.4) is 0 Å². The van der Waals surface area contributed by atoms with Crippen molar-refractivity contribution in [2.45, 2.75) is 6.23 Å². The number of benzene rings is 1. The lowest BCUT2D eigenvalue weighted by atomic mass is 9.79. The first kappa shape index (κ1) is 10.1. The topological polar surface area (TPSA) is 115 Å². The Balaban J connectivity index is 2.64. The van der Waals surface area contributed by atoms with Crippen molar-refractivity contribution in [1.82, 2.24) is 9.97 Å². The third kappa shape index (κ3) is 1.73. The van der Waals surface area contributed by atoms with Gasteiger partial charge in [-0.15, -0.1) is 0 Å². The second kappa shape index (κ2) is 3.63. The molecule has 0 spiro atoms. The Labute approximate surface area is 85.5 Å². The van der Waals surface area contributed by atoms with Crippen molar-refractivity contribution < 1.29 is 15.2 Å². The molecule has 6 nitrogen and oxygen atoms in total. The number of rotatable bonds is 2. The average molecular weight is 207 g/mol. The quantitative estimate of drug-likeness (QED) is 0.294. The second-order valence-electron chi connectivity index (χ2n) is 3.18. The summed E-state index contributed by atoms with van der Waals surface area (Å²) in [5, 5.41) is 27.3. The summed E-state index contributed by atoms with van der Waals surface area (Å²) in [6.45, 7) is 0. The lowest BCUT2D eigenvalue weighted by molar-refractivity contribution is 0.177. The molecule has 0 fully saturated rings. The number of hydrogen-bond acceptors (Lipinski definition) is 5. The molecular weight excluding hydrogens is 197 g/mol. The van der Waals surface area contributed by atoms with Crippen molar-refractivity contribution >= 4 is 23.6 Å². The Morgan fingerprint density at radius 3 is 2.73 bits per heavy atom. The highest BCUT2D eigenvalue weighted by atomic mass is 16.4. The van der Waals surface area contributed by atoms with E-state index in [1.165, 1.54) is 0 Å². The molecule has 1 aromatic heterocycles. The minimum absolute atomic E-state index is 0.193. The lowest BCUT2D eigenvalue weighted by Crippen LogP contribution is -2.30. The molecule has 1 heterocycles. The van der Waals surface area contributed by atoms with Crippen molar-refractivity contribution in [3.8, 4) is 0 Å². The fourth-order valence-electron chi connectivity index (χ4n) is 1.42. The highest BCUT2D eigenvalue weighted by Crippen LogP contribution is 2.11. The number of aliphatic hydroxyl groups is 1. The Bertz CT molecular complexity index is 483. The van der Waals surface area contributed by atoms with E-state index in [1.807, 2.05) is 0 Å². The van der Waals surface area contributed by atoms with Gasteiger partial charge in [-0.3, -0.25) is 5.73 Å².